The Morgan fingerprint density at radius 2 is 1.69 bits per heavy atom. The monoisotopic (exact) mass is 405 g/mol. The molecule has 0 amide bonds. The van der Waals surface area contributed by atoms with Crippen molar-refractivity contribution < 1.29 is 31.8 Å². The van der Waals surface area contributed by atoms with Crippen molar-refractivity contribution in [3.8, 4) is 23.0 Å². The molecule has 1 aliphatic rings. The molecule has 0 unspecified atom stereocenters. The summed E-state index contributed by atoms with van der Waals surface area (Å²) >= 11 is 0. The summed E-state index contributed by atoms with van der Waals surface area (Å²) in [5, 5.41) is 2.83. The van der Waals surface area contributed by atoms with Gasteiger partial charge in [0, 0.05) is 18.7 Å². The van der Waals surface area contributed by atoms with Gasteiger partial charge < -0.3 is 19.5 Å². The zero-order valence-electron chi connectivity index (χ0n) is 15.1. The van der Waals surface area contributed by atoms with E-state index in [1.165, 1.54) is 18.2 Å². The van der Waals surface area contributed by atoms with Crippen LogP contribution in [-0.2, 0) is 6.54 Å². The van der Waals surface area contributed by atoms with Crippen molar-refractivity contribution in [1.82, 2.24) is 0 Å². The minimum atomic E-state index is -3.72. The van der Waals surface area contributed by atoms with E-state index in [9.17, 15) is 17.6 Å². The molecule has 4 rings (SSSR count). The first-order valence-corrected chi connectivity index (χ1v) is 8.66. The van der Waals surface area contributed by atoms with Crippen LogP contribution in [0.2, 0.25) is 0 Å². The van der Waals surface area contributed by atoms with Crippen molar-refractivity contribution in [2.24, 2.45) is 0 Å². The fourth-order valence-corrected chi connectivity index (χ4v) is 2.89. The lowest BCUT2D eigenvalue weighted by Gasteiger charge is -2.15. The van der Waals surface area contributed by atoms with E-state index in [2.05, 4.69) is 14.8 Å². The molecule has 3 aromatic carbocycles. The Bertz CT molecular complexity index is 1070. The Hall–Kier alpha value is -3.42. The Morgan fingerprint density at radius 3 is 2.48 bits per heavy atom. The van der Waals surface area contributed by atoms with E-state index in [1.807, 2.05) is 6.07 Å². The van der Waals surface area contributed by atoms with Gasteiger partial charge in [0.05, 0.1) is 0 Å². The van der Waals surface area contributed by atoms with E-state index in [1.54, 1.807) is 25.1 Å². The highest BCUT2D eigenvalue weighted by Gasteiger charge is 2.43. The lowest BCUT2D eigenvalue weighted by Crippen LogP contribution is -2.25. The van der Waals surface area contributed by atoms with Crippen LogP contribution < -0.4 is 19.5 Å². The SMILES string of the molecule is Cc1ccccc1Oc1cc(F)cc(F)c1NCc1ccc2c(c1)OC(F)(F)O2. The number of alkyl halides is 2. The van der Waals surface area contributed by atoms with Crippen molar-refractivity contribution in [1.29, 1.82) is 0 Å². The third-order valence-electron chi connectivity index (χ3n) is 4.27. The first-order valence-electron chi connectivity index (χ1n) is 8.66. The number of hydrogen-bond donors (Lipinski definition) is 1. The maximum absolute atomic E-state index is 14.4. The van der Waals surface area contributed by atoms with Gasteiger partial charge in [-0.05, 0) is 36.2 Å². The predicted molar refractivity (Wildman–Crippen MR) is 97.6 cm³/mol. The van der Waals surface area contributed by atoms with Gasteiger partial charge >= 0.3 is 6.29 Å². The Balaban J connectivity index is 1.57. The Labute approximate surface area is 163 Å². The summed E-state index contributed by atoms with van der Waals surface area (Å²) in [6.07, 6.45) is -3.72. The average molecular weight is 405 g/mol. The highest BCUT2D eigenvalue weighted by Crippen LogP contribution is 2.41. The number of fused-ring (bicyclic) bond motifs is 1. The summed E-state index contributed by atoms with van der Waals surface area (Å²) in [5.41, 5.74) is 1.26. The van der Waals surface area contributed by atoms with Gasteiger partial charge in [0.25, 0.3) is 0 Å². The van der Waals surface area contributed by atoms with Crippen LogP contribution in [0.5, 0.6) is 23.0 Å². The summed E-state index contributed by atoms with van der Waals surface area (Å²) in [7, 11) is 0. The molecule has 1 aliphatic heterocycles. The van der Waals surface area contributed by atoms with Crippen molar-refractivity contribution in [2.75, 3.05) is 5.32 Å². The molecule has 0 radical (unpaired) electrons. The van der Waals surface area contributed by atoms with E-state index in [-0.39, 0.29) is 29.5 Å². The number of hydrogen-bond acceptors (Lipinski definition) is 4. The molecule has 8 heteroatoms. The molecular formula is C21H15F4NO3. The van der Waals surface area contributed by atoms with Gasteiger partial charge in [-0.15, -0.1) is 8.78 Å². The standard InChI is InChI=1S/C21H15F4NO3/c1-12-4-2-3-5-16(12)27-19-10-14(22)9-15(23)20(19)26-11-13-6-7-17-18(8-13)29-21(24,25)28-17/h2-10,26H,11H2,1H3. The van der Waals surface area contributed by atoms with Crippen LogP contribution >= 0.6 is 0 Å². The quantitative estimate of drug-likeness (QED) is 0.529. The van der Waals surface area contributed by atoms with Crippen LogP contribution in [0.4, 0.5) is 23.2 Å². The Kier molecular flexibility index (Phi) is 4.70. The number of aryl methyl sites for hydroxylation is 1. The average Bonchev–Trinajstić information content (AvgIpc) is 2.96. The highest BCUT2D eigenvalue weighted by atomic mass is 19.3. The molecular weight excluding hydrogens is 390 g/mol. The highest BCUT2D eigenvalue weighted by molar-refractivity contribution is 5.60. The summed E-state index contributed by atoms with van der Waals surface area (Å²) in [6.45, 7) is 1.86. The molecule has 1 heterocycles. The molecule has 0 spiro atoms. The minimum Gasteiger partial charge on any atom is -0.455 e. The molecule has 0 bridgehead atoms. The van der Waals surface area contributed by atoms with E-state index < -0.39 is 17.9 Å². The van der Waals surface area contributed by atoms with Crippen LogP contribution in [0.25, 0.3) is 0 Å². The number of ether oxygens (including phenoxy) is 3. The molecule has 29 heavy (non-hydrogen) atoms. The van der Waals surface area contributed by atoms with Crippen LogP contribution in [0.3, 0.4) is 0 Å². The maximum atomic E-state index is 14.4. The summed E-state index contributed by atoms with van der Waals surface area (Å²) in [4.78, 5) is 0. The summed E-state index contributed by atoms with van der Waals surface area (Å²) < 4.78 is 68.9. The number of rotatable bonds is 5. The first-order chi connectivity index (χ1) is 13.8. The second-order valence-electron chi connectivity index (χ2n) is 6.43. The van der Waals surface area contributed by atoms with Crippen LogP contribution in [-0.4, -0.2) is 6.29 Å². The van der Waals surface area contributed by atoms with E-state index in [0.29, 0.717) is 11.3 Å². The normalized spacial score (nSPS) is 14.0. The number of halogens is 4. The molecule has 0 atom stereocenters. The molecule has 4 nitrogen and oxygen atoms in total. The zero-order chi connectivity index (χ0) is 20.6. The van der Waals surface area contributed by atoms with E-state index in [0.717, 1.165) is 17.7 Å². The van der Waals surface area contributed by atoms with Gasteiger partial charge in [-0.25, -0.2) is 8.78 Å². The van der Waals surface area contributed by atoms with Gasteiger partial charge in [0.15, 0.2) is 23.1 Å². The summed E-state index contributed by atoms with van der Waals surface area (Å²) in [5.74, 6) is -1.43. The number of nitrogens with one attached hydrogen (secondary N) is 1. The number of anilines is 1. The van der Waals surface area contributed by atoms with Gasteiger partial charge in [0.2, 0.25) is 0 Å². The van der Waals surface area contributed by atoms with Crippen molar-refractivity contribution >= 4 is 5.69 Å². The molecule has 0 aliphatic carbocycles. The molecule has 0 aromatic heterocycles. The van der Waals surface area contributed by atoms with Crippen LogP contribution in [0.15, 0.2) is 54.6 Å². The van der Waals surface area contributed by atoms with Crippen LogP contribution in [0, 0.1) is 18.6 Å². The van der Waals surface area contributed by atoms with Crippen molar-refractivity contribution in [3.63, 3.8) is 0 Å². The Morgan fingerprint density at radius 1 is 0.931 bits per heavy atom. The zero-order valence-corrected chi connectivity index (χ0v) is 15.1. The number of benzene rings is 3. The number of para-hydroxylation sites is 1. The van der Waals surface area contributed by atoms with E-state index >= 15 is 0 Å². The fourth-order valence-electron chi connectivity index (χ4n) is 2.89. The minimum absolute atomic E-state index is 0.0379. The molecule has 0 fully saturated rings. The third-order valence-corrected chi connectivity index (χ3v) is 4.27. The van der Waals surface area contributed by atoms with Gasteiger partial charge in [-0.3, -0.25) is 0 Å². The lowest BCUT2D eigenvalue weighted by molar-refractivity contribution is -0.286. The summed E-state index contributed by atoms with van der Waals surface area (Å²) in [6, 6.07) is 13.1. The van der Waals surface area contributed by atoms with Crippen molar-refractivity contribution in [2.45, 2.75) is 19.8 Å². The van der Waals surface area contributed by atoms with Gasteiger partial charge in [-0.1, -0.05) is 24.3 Å². The molecule has 1 N–H and O–H groups in total. The molecule has 150 valence electrons. The second kappa shape index (κ2) is 7.20. The van der Waals surface area contributed by atoms with E-state index in [4.69, 9.17) is 4.74 Å². The van der Waals surface area contributed by atoms with Gasteiger partial charge in [0.1, 0.15) is 17.3 Å². The molecule has 0 saturated carbocycles. The fraction of sp³-hybridized carbons (Fsp3) is 0.143. The van der Waals surface area contributed by atoms with Gasteiger partial charge in [-0.2, -0.15) is 0 Å². The predicted octanol–water partition coefficient (Wildman–Crippen LogP) is 6.00. The second-order valence-corrected chi connectivity index (χ2v) is 6.43. The topological polar surface area (TPSA) is 39.7 Å². The first kappa shape index (κ1) is 18.9. The van der Waals surface area contributed by atoms with Crippen LogP contribution in [0.1, 0.15) is 11.1 Å². The largest absolute Gasteiger partial charge is 0.586 e. The molecule has 0 saturated heterocycles. The van der Waals surface area contributed by atoms with Crippen molar-refractivity contribution in [3.05, 3.63) is 77.4 Å². The molecule has 3 aromatic rings. The lowest BCUT2D eigenvalue weighted by atomic mass is 10.2. The smallest absolute Gasteiger partial charge is 0.455 e. The third kappa shape index (κ3) is 4.06. The maximum Gasteiger partial charge on any atom is 0.586 e.